The number of rotatable bonds is 7. The van der Waals surface area contributed by atoms with Crippen LogP contribution >= 0.6 is 0 Å². The van der Waals surface area contributed by atoms with Crippen LogP contribution in [0.4, 0.5) is 5.82 Å². The van der Waals surface area contributed by atoms with Gasteiger partial charge in [0.15, 0.2) is 12.7 Å². The molecule has 1 aromatic heterocycles. The summed E-state index contributed by atoms with van der Waals surface area (Å²) in [5, 5.41) is 6.85. The molecule has 0 aliphatic rings. The highest BCUT2D eigenvalue weighted by Crippen LogP contribution is 2.16. The minimum absolute atomic E-state index is 0.101. The number of benzene rings is 1. The standard InChI is InChI=1S/C19H25N3O4/c1-12(2)22-17(6-7-20-22)21-19(24)15(5)26-18(23)11-25-16-9-13(3)8-14(4)10-16/h6-10,12,15H,11H2,1-5H3,(H,21,24)/t15-/m1/s1. The smallest absolute Gasteiger partial charge is 0.344 e. The first-order valence-corrected chi connectivity index (χ1v) is 8.51. The van der Waals surface area contributed by atoms with Gasteiger partial charge in [0, 0.05) is 12.1 Å². The largest absolute Gasteiger partial charge is 0.482 e. The molecule has 2 rings (SSSR count). The second-order valence-electron chi connectivity index (χ2n) is 6.49. The first kappa shape index (κ1) is 19.5. The number of hydrogen-bond acceptors (Lipinski definition) is 5. The zero-order chi connectivity index (χ0) is 19.3. The zero-order valence-corrected chi connectivity index (χ0v) is 15.8. The molecule has 1 aromatic carbocycles. The second-order valence-corrected chi connectivity index (χ2v) is 6.49. The number of nitrogens with zero attached hydrogens (tertiary/aromatic N) is 2. The number of hydrogen-bond donors (Lipinski definition) is 1. The fourth-order valence-corrected chi connectivity index (χ4v) is 2.50. The minimum Gasteiger partial charge on any atom is -0.482 e. The molecule has 0 bridgehead atoms. The Balaban J connectivity index is 1.85. The van der Waals surface area contributed by atoms with Crippen LogP contribution in [0.25, 0.3) is 0 Å². The normalized spacial score (nSPS) is 11.9. The van der Waals surface area contributed by atoms with E-state index in [1.54, 1.807) is 16.9 Å². The van der Waals surface area contributed by atoms with E-state index < -0.39 is 18.0 Å². The Kier molecular flexibility index (Phi) is 6.38. The third kappa shape index (κ3) is 5.34. The summed E-state index contributed by atoms with van der Waals surface area (Å²) in [6.45, 7) is 9.07. The third-order valence-corrected chi connectivity index (χ3v) is 3.64. The predicted molar refractivity (Wildman–Crippen MR) is 98.2 cm³/mol. The molecule has 26 heavy (non-hydrogen) atoms. The van der Waals surface area contributed by atoms with Crippen molar-refractivity contribution in [2.24, 2.45) is 0 Å². The van der Waals surface area contributed by atoms with Gasteiger partial charge >= 0.3 is 5.97 Å². The molecule has 0 spiro atoms. The summed E-state index contributed by atoms with van der Waals surface area (Å²) in [5.41, 5.74) is 2.09. The Labute approximate surface area is 153 Å². The van der Waals surface area contributed by atoms with Gasteiger partial charge in [0.05, 0.1) is 6.20 Å². The highest BCUT2D eigenvalue weighted by Gasteiger charge is 2.20. The SMILES string of the molecule is Cc1cc(C)cc(OCC(=O)O[C@H](C)C(=O)Nc2ccnn2C(C)C)c1. The van der Waals surface area contributed by atoms with Crippen LogP contribution < -0.4 is 10.1 Å². The van der Waals surface area contributed by atoms with Crippen molar-refractivity contribution >= 4 is 17.7 Å². The van der Waals surface area contributed by atoms with Gasteiger partial charge in [-0.05, 0) is 57.9 Å². The predicted octanol–water partition coefficient (Wildman–Crippen LogP) is 3.03. The van der Waals surface area contributed by atoms with Gasteiger partial charge in [0.2, 0.25) is 0 Å². The molecule has 1 amide bonds. The van der Waals surface area contributed by atoms with Crippen molar-refractivity contribution in [1.82, 2.24) is 9.78 Å². The van der Waals surface area contributed by atoms with Crippen molar-refractivity contribution in [2.45, 2.75) is 46.8 Å². The lowest BCUT2D eigenvalue weighted by atomic mass is 10.1. The summed E-state index contributed by atoms with van der Waals surface area (Å²) >= 11 is 0. The first-order valence-electron chi connectivity index (χ1n) is 8.51. The van der Waals surface area contributed by atoms with Gasteiger partial charge in [-0.2, -0.15) is 5.10 Å². The van der Waals surface area contributed by atoms with Crippen LogP contribution in [0.1, 0.15) is 37.9 Å². The maximum atomic E-state index is 12.2. The van der Waals surface area contributed by atoms with Crippen molar-refractivity contribution in [3.8, 4) is 5.75 Å². The first-order chi connectivity index (χ1) is 12.3. The maximum Gasteiger partial charge on any atom is 0.344 e. The molecule has 140 valence electrons. The number of carbonyl (C=O) groups is 2. The van der Waals surface area contributed by atoms with Gasteiger partial charge in [0.25, 0.3) is 5.91 Å². The second kappa shape index (κ2) is 8.51. The molecule has 7 heteroatoms. The summed E-state index contributed by atoms with van der Waals surface area (Å²) in [6, 6.07) is 7.48. The van der Waals surface area contributed by atoms with Crippen LogP contribution in [-0.4, -0.2) is 34.4 Å². The third-order valence-electron chi connectivity index (χ3n) is 3.64. The van der Waals surface area contributed by atoms with Crippen LogP contribution in [0.15, 0.2) is 30.5 Å². The van der Waals surface area contributed by atoms with Crippen LogP contribution in [0, 0.1) is 13.8 Å². The van der Waals surface area contributed by atoms with E-state index in [2.05, 4.69) is 10.4 Å². The van der Waals surface area contributed by atoms with Crippen molar-refractivity contribution < 1.29 is 19.1 Å². The molecule has 0 unspecified atom stereocenters. The van der Waals surface area contributed by atoms with E-state index in [9.17, 15) is 9.59 Å². The lowest BCUT2D eigenvalue weighted by molar-refractivity contribution is -0.155. The molecule has 1 heterocycles. The van der Waals surface area contributed by atoms with Gasteiger partial charge in [0.1, 0.15) is 11.6 Å². The number of anilines is 1. The summed E-state index contributed by atoms with van der Waals surface area (Å²) in [5.74, 6) is 0.119. The molecule has 0 aliphatic heterocycles. The van der Waals surface area contributed by atoms with Crippen molar-refractivity contribution in [1.29, 1.82) is 0 Å². The minimum atomic E-state index is -0.944. The van der Waals surface area contributed by atoms with Gasteiger partial charge < -0.3 is 14.8 Å². The van der Waals surface area contributed by atoms with E-state index in [0.29, 0.717) is 11.6 Å². The maximum absolute atomic E-state index is 12.2. The van der Waals surface area contributed by atoms with Gasteiger partial charge in [-0.3, -0.25) is 4.79 Å². The van der Waals surface area contributed by atoms with Gasteiger partial charge in [-0.1, -0.05) is 6.07 Å². The van der Waals surface area contributed by atoms with Crippen LogP contribution in [0.2, 0.25) is 0 Å². The Bertz CT molecular complexity index is 763. The van der Waals surface area contributed by atoms with Crippen LogP contribution in [0.3, 0.4) is 0 Å². The average Bonchev–Trinajstić information content (AvgIpc) is 3.00. The summed E-state index contributed by atoms with van der Waals surface area (Å²) in [6.07, 6.45) is 0.658. The zero-order valence-electron chi connectivity index (χ0n) is 15.8. The Morgan fingerprint density at radius 3 is 2.42 bits per heavy atom. The van der Waals surface area contributed by atoms with E-state index in [1.807, 2.05) is 45.9 Å². The average molecular weight is 359 g/mol. The summed E-state index contributed by atoms with van der Waals surface area (Å²) in [7, 11) is 0. The highest BCUT2D eigenvalue weighted by atomic mass is 16.6. The lowest BCUT2D eigenvalue weighted by Gasteiger charge is -2.16. The molecule has 0 saturated carbocycles. The fourth-order valence-electron chi connectivity index (χ4n) is 2.50. The molecule has 0 saturated heterocycles. The number of carbonyl (C=O) groups excluding carboxylic acids is 2. The van der Waals surface area contributed by atoms with Gasteiger partial charge in [-0.25, -0.2) is 9.48 Å². The van der Waals surface area contributed by atoms with Crippen LogP contribution in [0.5, 0.6) is 5.75 Å². The Morgan fingerprint density at radius 1 is 1.15 bits per heavy atom. The van der Waals surface area contributed by atoms with Crippen molar-refractivity contribution in [3.05, 3.63) is 41.6 Å². The van der Waals surface area contributed by atoms with Crippen molar-refractivity contribution in [3.63, 3.8) is 0 Å². The summed E-state index contributed by atoms with van der Waals surface area (Å²) < 4.78 is 12.3. The van der Waals surface area contributed by atoms with E-state index in [-0.39, 0.29) is 12.6 Å². The number of amides is 1. The number of aromatic nitrogens is 2. The van der Waals surface area contributed by atoms with Crippen LogP contribution in [-0.2, 0) is 14.3 Å². The Hall–Kier alpha value is -2.83. The highest BCUT2D eigenvalue weighted by molar-refractivity contribution is 5.94. The fraction of sp³-hybridized carbons (Fsp3) is 0.421. The topological polar surface area (TPSA) is 82.4 Å². The molecule has 1 N–H and O–H groups in total. The van der Waals surface area contributed by atoms with Crippen molar-refractivity contribution in [2.75, 3.05) is 11.9 Å². The summed E-state index contributed by atoms with van der Waals surface area (Å²) in [4.78, 5) is 24.1. The quantitative estimate of drug-likeness (QED) is 0.769. The monoisotopic (exact) mass is 359 g/mol. The van der Waals surface area contributed by atoms with E-state index in [1.165, 1.54) is 6.92 Å². The molecular formula is C19H25N3O4. The molecule has 1 atom stereocenters. The van der Waals surface area contributed by atoms with E-state index in [0.717, 1.165) is 11.1 Å². The molecule has 0 fully saturated rings. The molecular weight excluding hydrogens is 334 g/mol. The van der Waals surface area contributed by atoms with Gasteiger partial charge in [-0.15, -0.1) is 0 Å². The molecule has 7 nitrogen and oxygen atoms in total. The molecule has 0 aliphatic carbocycles. The Morgan fingerprint density at radius 2 is 1.81 bits per heavy atom. The molecule has 2 aromatic rings. The number of esters is 1. The molecule has 0 radical (unpaired) electrons. The van der Waals surface area contributed by atoms with E-state index in [4.69, 9.17) is 9.47 Å². The lowest BCUT2D eigenvalue weighted by Crippen LogP contribution is -2.32. The number of nitrogens with one attached hydrogen (secondary N) is 1. The van der Waals surface area contributed by atoms with E-state index >= 15 is 0 Å². The number of ether oxygens (including phenoxy) is 2. The number of aryl methyl sites for hydroxylation is 2.